The molecule has 0 saturated heterocycles. The minimum absolute atomic E-state index is 0.857. The van der Waals surface area contributed by atoms with Gasteiger partial charge in [0.1, 0.15) is 22.3 Å². The number of aromatic nitrogens is 1. The summed E-state index contributed by atoms with van der Waals surface area (Å²) in [7, 11) is 0. The van der Waals surface area contributed by atoms with Crippen LogP contribution < -0.4 is 0 Å². The molecular weight excluding hydrogens is 635 g/mol. The van der Waals surface area contributed by atoms with E-state index in [4.69, 9.17) is 13.8 Å². The van der Waals surface area contributed by atoms with Crippen LogP contribution in [0.4, 0.5) is 0 Å². The van der Waals surface area contributed by atoms with E-state index in [1.54, 1.807) is 0 Å². The Kier molecular flexibility index (Phi) is 6.25. The van der Waals surface area contributed by atoms with Crippen molar-refractivity contribution < 1.29 is 8.83 Å². The SMILES string of the molecule is c1ccc(-c2nc3ccccc3c3c(-c4ccc(-c5cccc(-c6cccc7oc8ccccc8c67)c5)cc4)c4c(cc23)oc2ccccc24)cc1. The summed E-state index contributed by atoms with van der Waals surface area (Å²) in [6, 6.07) is 61.9. The number of furan rings is 2. The lowest BCUT2D eigenvalue weighted by Crippen LogP contribution is -1.93. The van der Waals surface area contributed by atoms with Crippen LogP contribution in [-0.4, -0.2) is 4.98 Å². The maximum absolute atomic E-state index is 6.59. The van der Waals surface area contributed by atoms with E-state index in [0.717, 1.165) is 99.2 Å². The van der Waals surface area contributed by atoms with Crippen LogP contribution in [0.15, 0.2) is 185 Å². The number of fused-ring (bicyclic) bond motifs is 9. The van der Waals surface area contributed by atoms with Crippen molar-refractivity contribution in [3.63, 3.8) is 0 Å². The van der Waals surface area contributed by atoms with Gasteiger partial charge in [0.05, 0.1) is 11.2 Å². The third kappa shape index (κ3) is 4.36. The van der Waals surface area contributed by atoms with Crippen molar-refractivity contribution in [1.29, 1.82) is 0 Å². The van der Waals surface area contributed by atoms with E-state index >= 15 is 0 Å². The highest BCUT2D eigenvalue weighted by Gasteiger charge is 2.22. The zero-order chi connectivity index (χ0) is 34.2. The normalized spacial score (nSPS) is 11.8. The molecule has 242 valence electrons. The number of hydrogen-bond donors (Lipinski definition) is 0. The minimum atomic E-state index is 0.857. The summed E-state index contributed by atoms with van der Waals surface area (Å²) >= 11 is 0. The Labute approximate surface area is 299 Å². The van der Waals surface area contributed by atoms with Gasteiger partial charge in [0.15, 0.2) is 0 Å². The monoisotopic (exact) mass is 663 g/mol. The summed E-state index contributed by atoms with van der Waals surface area (Å²) in [4.78, 5) is 5.24. The molecule has 8 aromatic carbocycles. The summed E-state index contributed by atoms with van der Waals surface area (Å²) in [5.41, 5.74) is 13.5. The van der Waals surface area contributed by atoms with Gasteiger partial charge in [-0.1, -0.05) is 140 Å². The van der Waals surface area contributed by atoms with Crippen LogP contribution >= 0.6 is 0 Å². The maximum Gasteiger partial charge on any atom is 0.136 e. The highest BCUT2D eigenvalue weighted by Crippen LogP contribution is 2.46. The summed E-state index contributed by atoms with van der Waals surface area (Å²) in [6.07, 6.45) is 0. The number of nitrogens with zero attached hydrogens (tertiary/aromatic N) is 1. The molecule has 0 radical (unpaired) electrons. The molecule has 0 amide bonds. The van der Waals surface area contributed by atoms with Gasteiger partial charge in [-0.25, -0.2) is 4.98 Å². The van der Waals surface area contributed by atoms with Crippen LogP contribution in [0.5, 0.6) is 0 Å². The lowest BCUT2D eigenvalue weighted by molar-refractivity contribution is 0.669. The standard InChI is InChI=1S/C49H29NO2/c1-2-12-32(13-3-1)49-39-29-44-48(38-18-6-9-22-42(38)52-44)45(47(39)36-16-4-7-20-40(36)50-49)31-26-24-30(25-27-31)33-14-10-15-34(28-33)35-19-11-23-43-46(35)37-17-5-8-21-41(37)51-43/h1-29H. The Morgan fingerprint density at radius 2 is 0.923 bits per heavy atom. The molecule has 52 heavy (non-hydrogen) atoms. The van der Waals surface area contributed by atoms with Gasteiger partial charge in [0, 0.05) is 48.8 Å². The fourth-order valence-electron chi connectivity index (χ4n) is 8.13. The van der Waals surface area contributed by atoms with Crippen molar-refractivity contribution in [3.8, 4) is 44.6 Å². The van der Waals surface area contributed by atoms with Gasteiger partial charge in [0.2, 0.25) is 0 Å². The second kappa shape index (κ2) is 11.3. The fraction of sp³-hybridized carbons (Fsp3) is 0. The molecule has 0 aliphatic carbocycles. The predicted octanol–water partition coefficient (Wildman–Crippen LogP) is 13.9. The van der Waals surface area contributed by atoms with Crippen LogP contribution in [0.1, 0.15) is 0 Å². The van der Waals surface area contributed by atoms with Crippen LogP contribution in [0, 0.1) is 0 Å². The van der Waals surface area contributed by atoms with E-state index in [2.05, 4.69) is 152 Å². The molecule has 3 heterocycles. The molecule has 0 unspecified atom stereocenters. The van der Waals surface area contributed by atoms with Crippen molar-refractivity contribution in [2.24, 2.45) is 0 Å². The Morgan fingerprint density at radius 1 is 0.327 bits per heavy atom. The van der Waals surface area contributed by atoms with Crippen molar-refractivity contribution in [1.82, 2.24) is 4.98 Å². The molecule has 0 aliphatic heterocycles. The van der Waals surface area contributed by atoms with E-state index < -0.39 is 0 Å². The van der Waals surface area contributed by atoms with Gasteiger partial charge in [-0.2, -0.15) is 0 Å². The van der Waals surface area contributed by atoms with Crippen LogP contribution in [-0.2, 0) is 0 Å². The molecule has 0 N–H and O–H groups in total. The Balaban J connectivity index is 1.13. The molecule has 11 aromatic rings. The molecule has 3 heteroatoms. The van der Waals surface area contributed by atoms with Gasteiger partial charge < -0.3 is 8.83 Å². The molecular formula is C49H29NO2. The van der Waals surface area contributed by atoms with Crippen molar-refractivity contribution in [2.75, 3.05) is 0 Å². The molecule has 11 rings (SSSR count). The van der Waals surface area contributed by atoms with Crippen LogP contribution in [0.2, 0.25) is 0 Å². The third-order valence-corrected chi connectivity index (χ3v) is 10.5. The van der Waals surface area contributed by atoms with E-state index in [1.807, 2.05) is 24.3 Å². The highest BCUT2D eigenvalue weighted by molar-refractivity contribution is 6.27. The van der Waals surface area contributed by atoms with Gasteiger partial charge in [-0.15, -0.1) is 0 Å². The molecule has 0 atom stereocenters. The number of benzene rings is 8. The first-order chi connectivity index (χ1) is 25.8. The smallest absolute Gasteiger partial charge is 0.136 e. The number of hydrogen-bond acceptors (Lipinski definition) is 3. The first-order valence-electron chi connectivity index (χ1n) is 17.6. The topological polar surface area (TPSA) is 39.2 Å². The predicted molar refractivity (Wildman–Crippen MR) is 216 cm³/mol. The number of pyridine rings is 1. The van der Waals surface area contributed by atoms with Crippen LogP contribution in [0.3, 0.4) is 0 Å². The first kappa shape index (κ1) is 28.8. The molecule has 0 aliphatic rings. The van der Waals surface area contributed by atoms with Gasteiger partial charge in [-0.05, 0) is 64.2 Å². The molecule has 3 nitrogen and oxygen atoms in total. The Hall–Kier alpha value is -6.97. The average Bonchev–Trinajstić information content (AvgIpc) is 3.78. The minimum Gasteiger partial charge on any atom is -0.456 e. The largest absolute Gasteiger partial charge is 0.456 e. The lowest BCUT2D eigenvalue weighted by Gasteiger charge is -2.16. The highest BCUT2D eigenvalue weighted by atomic mass is 16.3. The second-order valence-corrected chi connectivity index (χ2v) is 13.4. The first-order valence-corrected chi connectivity index (χ1v) is 17.6. The average molecular weight is 664 g/mol. The summed E-state index contributed by atoms with van der Waals surface area (Å²) < 4.78 is 12.8. The number of rotatable bonds is 4. The molecule has 3 aromatic heterocycles. The summed E-state index contributed by atoms with van der Waals surface area (Å²) in [6.45, 7) is 0. The van der Waals surface area contributed by atoms with Gasteiger partial charge in [-0.3, -0.25) is 0 Å². The Bertz CT molecular complexity index is 3170. The van der Waals surface area contributed by atoms with E-state index in [0.29, 0.717) is 0 Å². The van der Waals surface area contributed by atoms with Gasteiger partial charge >= 0.3 is 0 Å². The third-order valence-electron chi connectivity index (χ3n) is 10.5. The van der Waals surface area contributed by atoms with E-state index in [1.165, 1.54) is 10.9 Å². The van der Waals surface area contributed by atoms with E-state index in [-0.39, 0.29) is 0 Å². The summed E-state index contributed by atoms with van der Waals surface area (Å²) in [5, 5.41) is 7.88. The second-order valence-electron chi connectivity index (χ2n) is 13.4. The van der Waals surface area contributed by atoms with E-state index in [9.17, 15) is 0 Å². The molecule has 0 bridgehead atoms. The molecule has 0 saturated carbocycles. The maximum atomic E-state index is 6.59. The summed E-state index contributed by atoms with van der Waals surface area (Å²) in [5.74, 6) is 0. The zero-order valence-electron chi connectivity index (χ0n) is 28.0. The van der Waals surface area contributed by atoms with Gasteiger partial charge in [0.25, 0.3) is 0 Å². The Morgan fingerprint density at radius 3 is 1.73 bits per heavy atom. The van der Waals surface area contributed by atoms with Crippen LogP contribution in [0.25, 0.3) is 110 Å². The molecule has 0 fully saturated rings. The fourth-order valence-corrected chi connectivity index (χ4v) is 8.13. The molecule has 0 spiro atoms. The quantitative estimate of drug-likeness (QED) is 0.176. The lowest BCUT2D eigenvalue weighted by atomic mass is 9.89. The van der Waals surface area contributed by atoms with Crippen molar-refractivity contribution in [3.05, 3.63) is 176 Å². The zero-order valence-corrected chi connectivity index (χ0v) is 28.0. The van der Waals surface area contributed by atoms with Crippen molar-refractivity contribution >= 4 is 65.6 Å². The van der Waals surface area contributed by atoms with Crippen molar-refractivity contribution in [2.45, 2.75) is 0 Å². The number of para-hydroxylation sites is 3.